The number of aromatic nitrogens is 2. The molecule has 5 nitrogen and oxygen atoms in total. The summed E-state index contributed by atoms with van der Waals surface area (Å²) in [6, 6.07) is 9.80. The van der Waals surface area contributed by atoms with Gasteiger partial charge in [0.2, 0.25) is 5.91 Å². The minimum absolute atomic E-state index is 0.00540. The number of pyridine rings is 2. The predicted octanol–water partition coefficient (Wildman–Crippen LogP) is 7.78. The highest BCUT2D eigenvalue weighted by Crippen LogP contribution is 2.41. The van der Waals surface area contributed by atoms with Crippen LogP contribution in [0.15, 0.2) is 67.0 Å². The number of aryl methyl sites for hydroxylation is 2. The maximum Gasteiger partial charge on any atom is 0.416 e. The smallest absolute Gasteiger partial charge is 0.416 e. The molecule has 226 valence electrons. The molecule has 43 heavy (non-hydrogen) atoms. The molecule has 0 spiro atoms. The molecule has 12 heteroatoms. The van der Waals surface area contributed by atoms with Gasteiger partial charge in [-0.3, -0.25) is 9.78 Å². The zero-order chi connectivity index (χ0) is 32.1. The number of hydrogen-bond donors (Lipinski definition) is 0. The quantitative estimate of drug-likeness (QED) is 0.133. The van der Waals surface area contributed by atoms with Crippen LogP contribution < -0.4 is 9.63 Å². The Morgan fingerprint density at radius 2 is 1.42 bits per heavy atom. The van der Waals surface area contributed by atoms with E-state index < -0.39 is 46.2 Å². The van der Waals surface area contributed by atoms with Gasteiger partial charge in [-0.25, -0.2) is 4.39 Å². The van der Waals surface area contributed by atoms with Crippen molar-refractivity contribution in [2.75, 3.05) is 11.9 Å². The van der Waals surface area contributed by atoms with Crippen molar-refractivity contribution in [3.8, 4) is 22.4 Å². The average Bonchev–Trinajstić information content (AvgIpc) is 2.92. The van der Waals surface area contributed by atoms with E-state index in [1.54, 1.807) is 26.0 Å². The number of halogens is 7. The van der Waals surface area contributed by atoms with Crippen LogP contribution in [0.25, 0.3) is 22.4 Å². The molecular formula is C31H26F7N3O2. The SMILES string of the molecule is Cc1cc(F)ccc1-c1cc(-c2cc[n+]([O-])c(C)c2)ncc1N(C)C(=O)C(C)(C)c1cc(C(F)(F)F)cc(C(F)(F)F)c1. The summed E-state index contributed by atoms with van der Waals surface area (Å²) in [5.74, 6) is -1.33. The lowest BCUT2D eigenvalue weighted by atomic mass is 9.81. The first kappa shape index (κ1) is 31.5. The van der Waals surface area contributed by atoms with Gasteiger partial charge in [0.15, 0.2) is 11.9 Å². The number of benzene rings is 2. The molecule has 1 amide bonds. The molecule has 4 rings (SSSR count). The van der Waals surface area contributed by atoms with Crippen molar-refractivity contribution < 1.29 is 40.3 Å². The number of amides is 1. The van der Waals surface area contributed by atoms with E-state index in [0.717, 1.165) is 4.90 Å². The lowest BCUT2D eigenvalue weighted by molar-refractivity contribution is -0.612. The summed E-state index contributed by atoms with van der Waals surface area (Å²) in [5.41, 5.74) is -2.50. The van der Waals surface area contributed by atoms with E-state index >= 15 is 0 Å². The third-order valence-electron chi connectivity index (χ3n) is 7.27. The minimum atomic E-state index is -5.09. The molecule has 0 saturated heterocycles. The van der Waals surface area contributed by atoms with Crippen molar-refractivity contribution in [3.63, 3.8) is 0 Å². The summed E-state index contributed by atoms with van der Waals surface area (Å²) in [6.07, 6.45) is -7.54. The summed E-state index contributed by atoms with van der Waals surface area (Å²) >= 11 is 0. The van der Waals surface area contributed by atoms with Gasteiger partial charge in [-0.15, -0.1) is 0 Å². The van der Waals surface area contributed by atoms with Gasteiger partial charge in [-0.05, 0) is 73.9 Å². The topological polar surface area (TPSA) is 60.1 Å². The Balaban J connectivity index is 1.87. The molecule has 0 aliphatic rings. The standard InChI is InChI=1S/C31H26F7N3O2/c1-17-10-23(32)6-7-24(17)25-15-26(19-8-9-41(43)18(2)11-19)39-16-27(25)40(5)28(42)29(3,4)20-12-21(30(33,34)35)14-22(13-20)31(36,37)38/h6-16H,1-5H3. The van der Waals surface area contributed by atoms with Crippen LogP contribution in [0.1, 0.15) is 41.8 Å². The van der Waals surface area contributed by atoms with Crippen LogP contribution in [-0.2, 0) is 22.6 Å². The summed E-state index contributed by atoms with van der Waals surface area (Å²) < 4.78 is 96.0. The van der Waals surface area contributed by atoms with E-state index in [4.69, 9.17) is 0 Å². The van der Waals surface area contributed by atoms with Crippen molar-refractivity contribution in [1.29, 1.82) is 0 Å². The van der Waals surface area contributed by atoms with Crippen molar-refractivity contribution >= 4 is 11.6 Å². The lowest BCUT2D eigenvalue weighted by Gasteiger charge is -2.32. The van der Waals surface area contributed by atoms with E-state index in [1.807, 2.05) is 0 Å². The molecule has 0 saturated carbocycles. The summed E-state index contributed by atoms with van der Waals surface area (Å²) in [5, 5.41) is 11.8. The van der Waals surface area contributed by atoms with Gasteiger partial charge >= 0.3 is 12.4 Å². The number of anilines is 1. The Labute approximate surface area is 242 Å². The predicted molar refractivity (Wildman–Crippen MR) is 146 cm³/mol. The molecule has 0 fully saturated rings. The highest BCUT2D eigenvalue weighted by Gasteiger charge is 2.41. The van der Waals surface area contributed by atoms with Crippen molar-refractivity contribution in [3.05, 3.63) is 106 Å². The highest BCUT2D eigenvalue weighted by molar-refractivity contribution is 6.03. The first-order valence-corrected chi connectivity index (χ1v) is 12.9. The van der Waals surface area contributed by atoms with Gasteiger partial charge in [0.25, 0.3) is 0 Å². The van der Waals surface area contributed by atoms with Gasteiger partial charge in [-0.2, -0.15) is 31.1 Å². The number of carbonyl (C=O) groups is 1. The molecule has 0 atom stereocenters. The van der Waals surface area contributed by atoms with Crippen molar-refractivity contribution in [1.82, 2.24) is 4.98 Å². The van der Waals surface area contributed by atoms with Gasteiger partial charge in [0.05, 0.1) is 34.1 Å². The van der Waals surface area contributed by atoms with E-state index in [2.05, 4.69) is 4.98 Å². The molecule has 2 aromatic carbocycles. The van der Waals surface area contributed by atoms with Crippen LogP contribution in [0.2, 0.25) is 0 Å². The second-order valence-electron chi connectivity index (χ2n) is 10.7. The van der Waals surface area contributed by atoms with Gasteiger partial charge in [0.1, 0.15) is 5.82 Å². The van der Waals surface area contributed by atoms with Gasteiger partial charge in [-0.1, -0.05) is 6.07 Å². The maximum absolute atomic E-state index is 14.0. The van der Waals surface area contributed by atoms with E-state index in [0.29, 0.717) is 50.5 Å². The van der Waals surface area contributed by atoms with Crippen LogP contribution >= 0.6 is 0 Å². The molecule has 2 aromatic heterocycles. The monoisotopic (exact) mass is 605 g/mol. The van der Waals surface area contributed by atoms with E-state index in [1.165, 1.54) is 57.6 Å². The Bertz CT molecular complexity index is 1680. The van der Waals surface area contributed by atoms with Crippen LogP contribution in [0.5, 0.6) is 0 Å². The van der Waals surface area contributed by atoms with Crippen LogP contribution in [0.4, 0.5) is 36.4 Å². The molecule has 2 heterocycles. The van der Waals surface area contributed by atoms with E-state index in [-0.39, 0.29) is 11.8 Å². The first-order valence-electron chi connectivity index (χ1n) is 12.9. The van der Waals surface area contributed by atoms with Gasteiger partial charge < -0.3 is 10.1 Å². The Morgan fingerprint density at radius 1 is 0.837 bits per heavy atom. The third-order valence-corrected chi connectivity index (χ3v) is 7.27. The maximum atomic E-state index is 14.0. The third kappa shape index (κ3) is 6.32. The summed E-state index contributed by atoms with van der Waals surface area (Å²) in [6.45, 7) is 5.71. The average molecular weight is 606 g/mol. The largest absolute Gasteiger partial charge is 0.619 e. The molecule has 0 aliphatic heterocycles. The zero-order valence-corrected chi connectivity index (χ0v) is 23.7. The fraction of sp³-hybridized carbons (Fsp3) is 0.258. The van der Waals surface area contributed by atoms with Crippen LogP contribution in [0, 0.1) is 24.9 Å². The summed E-state index contributed by atoms with van der Waals surface area (Å²) in [4.78, 5) is 19.4. The molecule has 0 aliphatic carbocycles. The molecule has 0 unspecified atom stereocenters. The number of carbonyl (C=O) groups excluding carboxylic acids is 1. The molecular weight excluding hydrogens is 579 g/mol. The fourth-order valence-electron chi connectivity index (χ4n) is 4.75. The number of nitrogens with zero attached hydrogens (tertiary/aromatic N) is 3. The van der Waals surface area contributed by atoms with Crippen LogP contribution in [-0.4, -0.2) is 17.9 Å². The lowest BCUT2D eigenvalue weighted by Crippen LogP contribution is -2.42. The minimum Gasteiger partial charge on any atom is -0.619 e. The number of alkyl halides is 6. The molecule has 0 radical (unpaired) electrons. The molecule has 4 aromatic rings. The first-order chi connectivity index (χ1) is 19.8. The number of rotatable bonds is 5. The zero-order valence-electron chi connectivity index (χ0n) is 23.7. The van der Waals surface area contributed by atoms with Gasteiger partial charge in [0, 0.05) is 37.2 Å². The Hall–Kier alpha value is -4.48. The van der Waals surface area contributed by atoms with Crippen LogP contribution in [0.3, 0.4) is 0 Å². The van der Waals surface area contributed by atoms with E-state index in [9.17, 15) is 40.7 Å². The summed E-state index contributed by atoms with van der Waals surface area (Å²) in [7, 11) is 1.33. The molecule has 0 bridgehead atoms. The number of hydrogen-bond acceptors (Lipinski definition) is 3. The molecule has 0 N–H and O–H groups in total. The fourth-order valence-corrected chi connectivity index (χ4v) is 4.75. The second-order valence-corrected chi connectivity index (χ2v) is 10.7. The van der Waals surface area contributed by atoms with Crippen molar-refractivity contribution in [2.45, 2.75) is 45.5 Å². The normalized spacial score (nSPS) is 12.4. The highest BCUT2D eigenvalue weighted by atomic mass is 19.4. The number of likely N-dealkylation sites (N-methyl/N-ethyl adjacent to an activating group) is 1. The Kier molecular flexibility index (Phi) is 8.03. The Morgan fingerprint density at radius 3 is 1.95 bits per heavy atom. The van der Waals surface area contributed by atoms with Crippen molar-refractivity contribution in [2.24, 2.45) is 0 Å². The second kappa shape index (κ2) is 11.0.